The number of hydrogen-bond donors (Lipinski definition) is 1. The van der Waals surface area contributed by atoms with Crippen LogP contribution in [0.1, 0.15) is 45.7 Å². The Morgan fingerprint density at radius 1 is 0.935 bits per heavy atom. The lowest BCUT2D eigenvalue weighted by Gasteiger charge is -2.20. The Labute approximate surface area is 180 Å². The zero-order chi connectivity index (χ0) is 21.6. The third-order valence-electron chi connectivity index (χ3n) is 5.02. The average Bonchev–Trinajstić information content (AvgIpc) is 3.28. The van der Waals surface area contributed by atoms with Crippen molar-refractivity contribution in [3.05, 3.63) is 89.5 Å². The Hall–Kier alpha value is -3.80. The van der Waals surface area contributed by atoms with Gasteiger partial charge in [-0.25, -0.2) is 4.79 Å². The lowest BCUT2D eigenvalue weighted by molar-refractivity contribution is 0.0526. The SMILES string of the molecule is CCOC(=O)c1ccc(N[C@@H](CC(=O)c2ccccc2)c2ccc3c(c2)OCO3)cc1. The highest BCUT2D eigenvalue weighted by Gasteiger charge is 2.21. The minimum absolute atomic E-state index is 0.0268. The van der Waals surface area contributed by atoms with Gasteiger partial charge in [0.25, 0.3) is 0 Å². The smallest absolute Gasteiger partial charge is 0.338 e. The first-order valence-electron chi connectivity index (χ1n) is 10.2. The molecule has 3 aromatic rings. The van der Waals surface area contributed by atoms with Crippen molar-refractivity contribution < 1.29 is 23.8 Å². The second-order valence-electron chi connectivity index (χ2n) is 7.10. The Balaban J connectivity index is 1.57. The summed E-state index contributed by atoms with van der Waals surface area (Å²) in [4.78, 5) is 24.8. The van der Waals surface area contributed by atoms with E-state index < -0.39 is 0 Å². The van der Waals surface area contributed by atoms with E-state index in [9.17, 15) is 9.59 Å². The number of rotatable bonds is 8. The Morgan fingerprint density at radius 3 is 2.42 bits per heavy atom. The zero-order valence-electron chi connectivity index (χ0n) is 17.2. The third kappa shape index (κ3) is 4.86. The van der Waals surface area contributed by atoms with Crippen LogP contribution in [0.25, 0.3) is 0 Å². The fraction of sp³-hybridized carbons (Fsp3) is 0.200. The topological polar surface area (TPSA) is 73.9 Å². The van der Waals surface area contributed by atoms with Crippen LogP contribution in [0, 0.1) is 0 Å². The van der Waals surface area contributed by atoms with Crippen molar-refractivity contribution in [3.8, 4) is 11.5 Å². The van der Waals surface area contributed by atoms with Gasteiger partial charge in [-0.15, -0.1) is 0 Å². The first-order valence-corrected chi connectivity index (χ1v) is 10.2. The molecule has 4 rings (SSSR count). The number of hydrogen-bond acceptors (Lipinski definition) is 6. The van der Waals surface area contributed by atoms with Crippen molar-refractivity contribution in [3.63, 3.8) is 0 Å². The number of Topliss-reactive ketones (excluding diaryl/α,β-unsaturated/α-hetero) is 1. The number of ketones is 1. The van der Waals surface area contributed by atoms with Gasteiger partial charge in [-0.1, -0.05) is 36.4 Å². The fourth-order valence-electron chi connectivity index (χ4n) is 3.43. The van der Waals surface area contributed by atoms with Crippen LogP contribution >= 0.6 is 0 Å². The van der Waals surface area contributed by atoms with Gasteiger partial charge >= 0.3 is 5.97 Å². The normalized spacial score (nSPS) is 12.8. The van der Waals surface area contributed by atoms with Gasteiger partial charge in [0, 0.05) is 17.7 Å². The molecule has 1 heterocycles. The molecule has 0 fully saturated rings. The van der Waals surface area contributed by atoms with Gasteiger partial charge in [0.2, 0.25) is 6.79 Å². The number of ether oxygens (including phenoxy) is 3. The number of benzene rings is 3. The van der Waals surface area contributed by atoms with Crippen LogP contribution in [0.2, 0.25) is 0 Å². The molecule has 6 heteroatoms. The molecule has 0 unspecified atom stereocenters. The van der Waals surface area contributed by atoms with Crippen molar-refractivity contribution in [2.75, 3.05) is 18.7 Å². The molecule has 6 nitrogen and oxygen atoms in total. The molecule has 0 amide bonds. The molecule has 0 spiro atoms. The molecule has 0 aliphatic carbocycles. The number of anilines is 1. The second-order valence-corrected chi connectivity index (χ2v) is 7.10. The van der Waals surface area contributed by atoms with E-state index in [4.69, 9.17) is 14.2 Å². The van der Waals surface area contributed by atoms with Crippen molar-refractivity contribution in [2.45, 2.75) is 19.4 Å². The summed E-state index contributed by atoms with van der Waals surface area (Å²) in [5.74, 6) is 1.02. The van der Waals surface area contributed by atoms with Crippen LogP contribution in [-0.2, 0) is 4.74 Å². The molecule has 31 heavy (non-hydrogen) atoms. The fourth-order valence-corrected chi connectivity index (χ4v) is 3.43. The molecule has 0 aromatic heterocycles. The third-order valence-corrected chi connectivity index (χ3v) is 5.02. The quantitative estimate of drug-likeness (QED) is 0.410. The molecule has 1 aliphatic rings. The summed E-state index contributed by atoms with van der Waals surface area (Å²) in [6, 6.07) is 21.6. The molecule has 0 saturated carbocycles. The van der Waals surface area contributed by atoms with E-state index in [-0.39, 0.29) is 31.0 Å². The van der Waals surface area contributed by atoms with Crippen LogP contribution in [0.3, 0.4) is 0 Å². The zero-order valence-corrected chi connectivity index (χ0v) is 17.2. The molecular formula is C25H23NO5. The number of fused-ring (bicyclic) bond motifs is 1. The second kappa shape index (κ2) is 9.34. The average molecular weight is 417 g/mol. The van der Waals surface area contributed by atoms with E-state index in [0.717, 1.165) is 11.3 Å². The first-order chi connectivity index (χ1) is 15.1. The molecular weight excluding hydrogens is 394 g/mol. The molecule has 0 saturated heterocycles. The number of esters is 1. The lowest BCUT2D eigenvalue weighted by Crippen LogP contribution is -2.16. The van der Waals surface area contributed by atoms with Crippen LogP contribution in [0.4, 0.5) is 5.69 Å². The summed E-state index contributed by atoms with van der Waals surface area (Å²) >= 11 is 0. The van der Waals surface area contributed by atoms with Crippen molar-refractivity contribution in [2.24, 2.45) is 0 Å². The van der Waals surface area contributed by atoms with Crippen molar-refractivity contribution >= 4 is 17.4 Å². The van der Waals surface area contributed by atoms with E-state index in [2.05, 4.69) is 5.32 Å². The van der Waals surface area contributed by atoms with Gasteiger partial charge in [-0.2, -0.15) is 0 Å². The molecule has 1 aliphatic heterocycles. The summed E-state index contributed by atoms with van der Waals surface area (Å²) in [6.07, 6.45) is 0.253. The van der Waals surface area contributed by atoms with Gasteiger partial charge < -0.3 is 19.5 Å². The highest BCUT2D eigenvalue weighted by molar-refractivity contribution is 5.96. The van der Waals surface area contributed by atoms with E-state index in [0.29, 0.717) is 29.2 Å². The van der Waals surface area contributed by atoms with Gasteiger partial charge in [0.05, 0.1) is 18.2 Å². The minimum atomic E-state index is -0.361. The van der Waals surface area contributed by atoms with Crippen LogP contribution in [-0.4, -0.2) is 25.2 Å². The first kappa shape index (κ1) is 20.5. The molecule has 0 bridgehead atoms. The monoisotopic (exact) mass is 417 g/mol. The molecule has 3 aromatic carbocycles. The lowest BCUT2D eigenvalue weighted by atomic mass is 9.97. The Bertz CT molecular complexity index is 1060. The van der Waals surface area contributed by atoms with Gasteiger partial charge in [-0.3, -0.25) is 4.79 Å². The predicted octanol–water partition coefficient (Wildman–Crippen LogP) is 5.02. The minimum Gasteiger partial charge on any atom is -0.462 e. The number of carbonyl (C=O) groups is 2. The number of carbonyl (C=O) groups excluding carboxylic acids is 2. The molecule has 0 radical (unpaired) electrons. The summed E-state index contributed by atoms with van der Waals surface area (Å²) in [7, 11) is 0. The largest absolute Gasteiger partial charge is 0.462 e. The van der Waals surface area contributed by atoms with Crippen LogP contribution in [0.15, 0.2) is 72.8 Å². The molecule has 158 valence electrons. The summed E-state index contributed by atoms with van der Waals surface area (Å²) < 4.78 is 15.9. The summed E-state index contributed by atoms with van der Waals surface area (Å²) in [5.41, 5.74) is 2.83. The van der Waals surface area contributed by atoms with E-state index in [1.165, 1.54) is 0 Å². The van der Waals surface area contributed by atoms with Gasteiger partial charge in [0.15, 0.2) is 17.3 Å². The summed E-state index contributed by atoms with van der Waals surface area (Å²) in [5, 5.41) is 3.42. The molecule has 1 atom stereocenters. The molecule has 1 N–H and O–H groups in total. The Kier molecular flexibility index (Phi) is 6.17. The predicted molar refractivity (Wildman–Crippen MR) is 117 cm³/mol. The highest BCUT2D eigenvalue weighted by Crippen LogP contribution is 2.36. The maximum atomic E-state index is 12.9. The van der Waals surface area contributed by atoms with E-state index in [1.54, 1.807) is 31.2 Å². The maximum absolute atomic E-state index is 12.9. The highest BCUT2D eigenvalue weighted by atomic mass is 16.7. The Morgan fingerprint density at radius 2 is 1.68 bits per heavy atom. The van der Waals surface area contributed by atoms with E-state index >= 15 is 0 Å². The van der Waals surface area contributed by atoms with E-state index in [1.807, 2.05) is 48.5 Å². The number of nitrogens with one attached hydrogen (secondary N) is 1. The standard InChI is InChI=1S/C25H23NO5/c1-2-29-25(28)18-8-11-20(12-9-18)26-21(15-22(27)17-6-4-3-5-7-17)19-10-13-23-24(14-19)31-16-30-23/h3-14,21,26H,2,15-16H2,1H3/t21-/m0/s1. The van der Waals surface area contributed by atoms with Gasteiger partial charge in [-0.05, 0) is 48.9 Å². The van der Waals surface area contributed by atoms with Crippen LogP contribution in [0.5, 0.6) is 11.5 Å². The van der Waals surface area contributed by atoms with Crippen molar-refractivity contribution in [1.82, 2.24) is 0 Å². The van der Waals surface area contributed by atoms with Gasteiger partial charge in [0.1, 0.15) is 0 Å². The summed E-state index contributed by atoms with van der Waals surface area (Å²) in [6.45, 7) is 2.29. The maximum Gasteiger partial charge on any atom is 0.338 e. The van der Waals surface area contributed by atoms with Crippen LogP contribution < -0.4 is 14.8 Å². The van der Waals surface area contributed by atoms with Crippen molar-refractivity contribution in [1.29, 1.82) is 0 Å².